The lowest BCUT2D eigenvalue weighted by Gasteiger charge is -2.15. The van der Waals surface area contributed by atoms with Crippen molar-refractivity contribution in [3.05, 3.63) is 45.6 Å². The Hall–Kier alpha value is -2.39. The quantitative estimate of drug-likeness (QED) is 0.759. The van der Waals surface area contributed by atoms with Crippen LogP contribution in [0.2, 0.25) is 0 Å². The largest absolute Gasteiger partial charge is 0.480 e. The molecular formula is C17H15BrN2O3. The highest BCUT2D eigenvalue weighted by atomic mass is 79.9. The fourth-order valence-corrected chi connectivity index (χ4v) is 2.55. The highest BCUT2D eigenvalue weighted by molar-refractivity contribution is 9.10. The van der Waals surface area contributed by atoms with Crippen molar-refractivity contribution in [2.45, 2.75) is 13.8 Å². The van der Waals surface area contributed by atoms with Crippen molar-refractivity contribution in [1.29, 1.82) is 5.26 Å². The van der Waals surface area contributed by atoms with Crippen LogP contribution in [0.25, 0.3) is 11.1 Å². The molecule has 23 heavy (non-hydrogen) atoms. The van der Waals surface area contributed by atoms with Crippen molar-refractivity contribution < 1.29 is 14.3 Å². The van der Waals surface area contributed by atoms with Crippen LogP contribution in [0, 0.1) is 18.3 Å². The smallest absolute Gasteiger partial charge is 0.340 e. The van der Waals surface area contributed by atoms with Crippen LogP contribution < -0.4 is 4.74 Å². The number of benzene rings is 1. The average Bonchev–Trinajstić information content (AvgIpc) is 2.54. The van der Waals surface area contributed by atoms with E-state index in [9.17, 15) is 10.1 Å². The first-order chi connectivity index (χ1) is 11.0. The fourth-order valence-electron chi connectivity index (χ4n) is 2.29. The van der Waals surface area contributed by atoms with Crippen molar-refractivity contribution in [2.24, 2.45) is 0 Å². The summed E-state index contributed by atoms with van der Waals surface area (Å²) in [5.74, 6) is -0.314. The maximum atomic E-state index is 12.4. The maximum absolute atomic E-state index is 12.4. The third kappa shape index (κ3) is 3.35. The van der Waals surface area contributed by atoms with Crippen LogP contribution in [-0.4, -0.2) is 24.7 Å². The minimum atomic E-state index is -0.505. The van der Waals surface area contributed by atoms with Gasteiger partial charge in [-0.25, -0.2) is 9.78 Å². The van der Waals surface area contributed by atoms with Gasteiger partial charge >= 0.3 is 5.97 Å². The topological polar surface area (TPSA) is 72.2 Å². The number of rotatable bonds is 4. The third-order valence-corrected chi connectivity index (χ3v) is 3.79. The van der Waals surface area contributed by atoms with Gasteiger partial charge in [-0.3, -0.25) is 0 Å². The summed E-state index contributed by atoms with van der Waals surface area (Å²) in [6.07, 6.45) is 0. The minimum absolute atomic E-state index is 0.191. The zero-order valence-corrected chi connectivity index (χ0v) is 14.6. The Balaban J connectivity index is 2.83. The molecule has 1 aromatic heterocycles. The molecule has 118 valence electrons. The number of ether oxygens (including phenoxy) is 2. The second kappa shape index (κ2) is 7.25. The number of carbonyl (C=O) groups excluding carboxylic acids is 1. The first-order valence-corrected chi connectivity index (χ1v) is 7.74. The van der Waals surface area contributed by atoms with E-state index in [1.54, 1.807) is 13.8 Å². The van der Waals surface area contributed by atoms with Gasteiger partial charge in [-0.05, 0) is 31.5 Å². The van der Waals surface area contributed by atoms with Gasteiger partial charge < -0.3 is 9.47 Å². The van der Waals surface area contributed by atoms with Crippen molar-refractivity contribution in [1.82, 2.24) is 4.98 Å². The molecule has 0 saturated heterocycles. The van der Waals surface area contributed by atoms with Crippen LogP contribution in [0.5, 0.6) is 5.88 Å². The molecule has 5 nitrogen and oxygen atoms in total. The van der Waals surface area contributed by atoms with Gasteiger partial charge in [0.15, 0.2) is 0 Å². The Morgan fingerprint density at radius 2 is 2.00 bits per heavy atom. The Bertz CT molecular complexity index is 780. The maximum Gasteiger partial charge on any atom is 0.340 e. The van der Waals surface area contributed by atoms with E-state index >= 15 is 0 Å². The number of aryl methyl sites for hydroxylation is 1. The Labute approximate surface area is 143 Å². The van der Waals surface area contributed by atoms with Gasteiger partial charge in [0, 0.05) is 10.0 Å². The summed E-state index contributed by atoms with van der Waals surface area (Å²) in [6.45, 7) is 3.67. The molecule has 6 heteroatoms. The summed E-state index contributed by atoms with van der Waals surface area (Å²) in [6, 6.07) is 9.41. The van der Waals surface area contributed by atoms with E-state index < -0.39 is 5.97 Å². The highest BCUT2D eigenvalue weighted by Crippen LogP contribution is 2.35. The molecule has 0 bridgehead atoms. The lowest BCUT2D eigenvalue weighted by Crippen LogP contribution is -2.12. The van der Waals surface area contributed by atoms with Gasteiger partial charge in [0.2, 0.25) is 5.88 Å². The molecule has 1 heterocycles. The number of esters is 1. The second-order valence-electron chi connectivity index (χ2n) is 4.67. The molecule has 0 aliphatic carbocycles. The lowest BCUT2D eigenvalue weighted by molar-refractivity contribution is 0.0526. The van der Waals surface area contributed by atoms with E-state index in [0.29, 0.717) is 11.3 Å². The van der Waals surface area contributed by atoms with Crippen molar-refractivity contribution in [3.8, 4) is 23.1 Å². The Morgan fingerprint density at radius 1 is 1.35 bits per heavy atom. The summed E-state index contributed by atoms with van der Waals surface area (Å²) in [4.78, 5) is 16.6. The predicted octanol–water partition coefficient (Wildman–Crippen LogP) is 3.88. The Kier molecular flexibility index (Phi) is 5.35. The number of hydrogen-bond donors (Lipinski definition) is 0. The van der Waals surface area contributed by atoms with Crippen LogP contribution in [0.15, 0.2) is 28.7 Å². The van der Waals surface area contributed by atoms with Gasteiger partial charge in [-0.15, -0.1) is 0 Å². The molecule has 0 atom stereocenters. The fraction of sp³-hybridized carbons (Fsp3) is 0.235. The van der Waals surface area contributed by atoms with E-state index in [2.05, 4.69) is 27.0 Å². The second-order valence-corrected chi connectivity index (χ2v) is 5.59. The number of aromatic nitrogens is 1. The standard InChI is InChI=1S/C17H15BrN2O3/c1-4-23-17(21)14-10(2)20-16(22-3)13(9-19)15(14)11-5-7-12(18)8-6-11/h5-8H,4H2,1-3H3. The summed E-state index contributed by atoms with van der Waals surface area (Å²) >= 11 is 3.37. The van der Waals surface area contributed by atoms with E-state index in [-0.39, 0.29) is 23.6 Å². The van der Waals surface area contributed by atoms with Crippen LogP contribution in [0.4, 0.5) is 0 Å². The summed E-state index contributed by atoms with van der Waals surface area (Å²) in [7, 11) is 1.44. The summed E-state index contributed by atoms with van der Waals surface area (Å²) in [5.41, 5.74) is 2.15. The van der Waals surface area contributed by atoms with Gasteiger partial charge in [-0.2, -0.15) is 5.26 Å². The molecule has 0 radical (unpaired) electrons. The van der Waals surface area contributed by atoms with E-state index in [1.165, 1.54) is 7.11 Å². The number of methoxy groups -OCH3 is 1. The SMILES string of the molecule is CCOC(=O)c1c(C)nc(OC)c(C#N)c1-c1ccc(Br)cc1. The normalized spacial score (nSPS) is 10.0. The van der Waals surface area contributed by atoms with Crippen LogP contribution >= 0.6 is 15.9 Å². The number of nitriles is 1. The minimum Gasteiger partial charge on any atom is -0.480 e. The molecule has 1 aromatic carbocycles. The molecule has 0 aliphatic heterocycles. The van der Waals surface area contributed by atoms with Crippen LogP contribution in [0.3, 0.4) is 0 Å². The summed E-state index contributed by atoms with van der Waals surface area (Å²) < 4.78 is 11.2. The lowest BCUT2D eigenvalue weighted by atomic mass is 9.94. The van der Waals surface area contributed by atoms with Crippen molar-refractivity contribution >= 4 is 21.9 Å². The molecule has 0 aliphatic rings. The zero-order valence-electron chi connectivity index (χ0n) is 13.0. The van der Waals surface area contributed by atoms with Gasteiger partial charge in [-0.1, -0.05) is 28.1 Å². The van der Waals surface area contributed by atoms with Crippen molar-refractivity contribution in [3.63, 3.8) is 0 Å². The molecule has 2 rings (SSSR count). The van der Waals surface area contributed by atoms with Crippen LogP contribution in [-0.2, 0) is 4.74 Å². The van der Waals surface area contributed by atoms with E-state index in [0.717, 1.165) is 10.0 Å². The Morgan fingerprint density at radius 3 is 2.52 bits per heavy atom. The number of halogens is 1. The molecule has 0 unspecified atom stereocenters. The van der Waals surface area contributed by atoms with Gasteiger partial charge in [0.25, 0.3) is 0 Å². The molecule has 0 amide bonds. The molecule has 0 N–H and O–H groups in total. The van der Waals surface area contributed by atoms with Gasteiger partial charge in [0.05, 0.1) is 25.0 Å². The highest BCUT2D eigenvalue weighted by Gasteiger charge is 2.25. The number of hydrogen-bond acceptors (Lipinski definition) is 5. The van der Waals surface area contributed by atoms with E-state index in [4.69, 9.17) is 9.47 Å². The zero-order chi connectivity index (χ0) is 17.0. The van der Waals surface area contributed by atoms with Crippen molar-refractivity contribution in [2.75, 3.05) is 13.7 Å². The first kappa shape index (κ1) is 17.0. The number of nitrogens with zero attached hydrogens (tertiary/aromatic N) is 2. The molecule has 0 saturated carbocycles. The first-order valence-electron chi connectivity index (χ1n) is 6.95. The predicted molar refractivity (Wildman–Crippen MR) is 89.3 cm³/mol. The molecule has 0 spiro atoms. The van der Waals surface area contributed by atoms with E-state index in [1.807, 2.05) is 24.3 Å². The summed E-state index contributed by atoms with van der Waals surface area (Å²) in [5, 5.41) is 9.54. The average molecular weight is 375 g/mol. The molecule has 2 aromatic rings. The number of carbonyl (C=O) groups is 1. The van der Waals surface area contributed by atoms with Gasteiger partial charge in [0.1, 0.15) is 11.6 Å². The number of pyridine rings is 1. The third-order valence-electron chi connectivity index (χ3n) is 3.26. The molecular weight excluding hydrogens is 360 g/mol. The molecule has 0 fully saturated rings. The monoisotopic (exact) mass is 374 g/mol. The van der Waals surface area contributed by atoms with Crippen LogP contribution in [0.1, 0.15) is 28.5 Å².